The van der Waals surface area contributed by atoms with E-state index in [1.807, 2.05) is 6.07 Å². The molecule has 0 radical (unpaired) electrons. The van der Waals surface area contributed by atoms with Gasteiger partial charge in [0.15, 0.2) is 22.8 Å². The molecule has 0 atom stereocenters. The lowest BCUT2D eigenvalue weighted by Crippen LogP contribution is -2.08. The Labute approximate surface area is 183 Å². The first-order valence-electron chi connectivity index (χ1n) is 9.78. The molecule has 0 aliphatic rings. The zero-order chi connectivity index (χ0) is 22.7. The zero-order valence-corrected chi connectivity index (χ0v) is 17.8. The minimum Gasteiger partial charge on any atom is -0.493 e. The molecule has 0 aliphatic carbocycles. The van der Waals surface area contributed by atoms with Gasteiger partial charge in [0.05, 0.1) is 32.1 Å². The van der Waals surface area contributed by atoms with Crippen LogP contribution >= 0.6 is 0 Å². The van der Waals surface area contributed by atoms with Crippen molar-refractivity contribution in [2.75, 3.05) is 26.6 Å². The smallest absolute Gasteiger partial charge is 0.248 e. The van der Waals surface area contributed by atoms with Crippen LogP contribution in [0, 0.1) is 0 Å². The number of carbonyl (C=O) groups is 1. The van der Waals surface area contributed by atoms with Crippen LogP contribution in [0.25, 0.3) is 28.0 Å². The summed E-state index contributed by atoms with van der Waals surface area (Å²) >= 11 is 0. The van der Waals surface area contributed by atoms with E-state index in [1.54, 1.807) is 68.8 Å². The molecule has 0 saturated heterocycles. The molecule has 0 spiro atoms. The van der Waals surface area contributed by atoms with Crippen LogP contribution in [0.5, 0.6) is 17.2 Å². The number of carbonyl (C=O) groups excluding carboxylic acids is 1. The SMILES string of the molecule is COc1ccc(C=CC(=O)Nc2ccc3c(=O)c4cccc(OC)c4oc3c2)cc1OC. The Morgan fingerprint density at radius 2 is 1.66 bits per heavy atom. The van der Waals surface area contributed by atoms with E-state index in [-0.39, 0.29) is 11.3 Å². The van der Waals surface area contributed by atoms with Gasteiger partial charge < -0.3 is 23.9 Å². The summed E-state index contributed by atoms with van der Waals surface area (Å²) in [5, 5.41) is 3.63. The van der Waals surface area contributed by atoms with Crippen molar-refractivity contribution in [1.29, 1.82) is 0 Å². The third-order valence-corrected chi connectivity index (χ3v) is 4.98. The van der Waals surface area contributed by atoms with Crippen LogP contribution in [-0.4, -0.2) is 27.2 Å². The molecule has 4 rings (SSSR count). The summed E-state index contributed by atoms with van der Waals surface area (Å²) in [5.74, 6) is 1.31. The van der Waals surface area contributed by atoms with Gasteiger partial charge in [-0.2, -0.15) is 0 Å². The molecular weight excluding hydrogens is 410 g/mol. The maximum Gasteiger partial charge on any atom is 0.248 e. The molecule has 3 aromatic carbocycles. The number of anilines is 1. The number of ether oxygens (including phenoxy) is 3. The van der Waals surface area contributed by atoms with Crippen LogP contribution in [0.4, 0.5) is 5.69 Å². The summed E-state index contributed by atoms with van der Waals surface area (Å²) in [6.45, 7) is 0. The Morgan fingerprint density at radius 1 is 0.875 bits per heavy atom. The molecule has 0 aliphatic heterocycles. The lowest BCUT2D eigenvalue weighted by Gasteiger charge is -2.08. The average Bonchev–Trinajstić information content (AvgIpc) is 2.82. The normalized spacial score (nSPS) is 11.1. The van der Waals surface area contributed by atoms with E-state index in [0.29, 0.717) is 44.9 Å². The van der Waals surface area contributed by atoms with Gasteiger partial charge in [-0.25, -0.2) is 0 Å². The second kappa shape index (κ2) is 8.85. The average molecular weight is 431 g/mol. The van der Waals surface area contributed by atoms with E-state index < -0.39 is 0 Å². The van der Waals surface area contributed by atoms with Crippen LogP contribution in [0.15, 0.2) is 69.9 Å². The van der Waals surface area contributed by atoms with Crippen LogP contribution in [0.3, 0.4) is 0 Å². The van der Waals surface area contributed by atoms with E-state index in [4.69, 9.17) is 18.6 Å². The largest absolute Gasteiger partial charge is 0.493 e. The summed E-state index contributed by atoms with van der Waals surface area (Å²) in [6, 6.07) is 15.4. The highest BCUT2D eigenvalue weighted by Crippen LogP contribution is 2.29. The Hall–Kier alpha value is -4.26. The Morgan fingerprint density at radius 3 is 2.41 bits per heavy atom. The van der Waals surface area contributed by atoms with Crippen molar-refractivity contribution in [3.05, 3.63) is 76.5 Å². The molecule has 1 amide bonds. The number of hydrogen-bond acceptors (Lipinski definition) is 6. The highest BCUT2D eigenvalue weighted by molar-refractivity contribution is 6.03. The molecule has 32 heavy (non-hydrogen) atoms. The van der Waals surface area contributed by atoms with Gasteiger partial charge in [-0.05, 0) is 48.0 Å². The number of methoxy groups -OCH3 is 3. The maximum absolute atomic E-state index is 12.8. The minimum atomic E-state index is -0.333. The first-order valence-corrected chi connectivity index (χ1v) is 9.78. The fourth-order valence-electron chi connectivity index (χ4n) is 3.40. The van der Waals surface area contributed by atoms with Gasteiger partial charge in [0, 0.05) is 17.8 Å². The number of nitrogens with one attached hydrogen (secondary N) is 1. The molecule has 0 saturated carbocycles. The Bertz CT molecular complexity index is 1400. The third kappa shape index (κ3) is 4.00. The standard InChI is InChI=1S/C25H21NO6/c1-29-19-11-7-15(13-22(19)31-3)8-12-23(27)26-16-9-10-17-21(14-16)32-25-18(24(17)28)5-4-6-20(25)30-2/h4-14H,1-3H3,(H,26,27). The summed E-state index contributed by atoms with van der Waals surface area (Å²) in [6.07, 6.45) is 3.07. The third-order valence-electron chi connectivity index (χ3n) is 4.98. The van der Waals surface area contributed by atoms with Crippen LogP contribution in [0.1, 0.15) is 5.56 Å². The molecule has 1 heterocycles. The molecule has 0 bridgehead atoms. The topological polar surface area (TPSA) is 87.0 Å². The van der Waals surface area contributed by atoms with Crippen LogP contribution in [-0.2, 0) is 4.79 Å². The first-order chi connectivity index (χ1) is 15.5. The fourth-order valence-corrected chi connectivity index (χ4v) is 3.40. The van der Waals surface area contributed by atoms with Gasteiger partial charge >= 0.3 is 0 Å². The van der Waals surface area contributed by atoms with Gasteiger partial charge in [-0.1, -0.05) is 12.1 Å². The minimum absolute atomic E-state index is 0.161. The molecular formula is C25H21NO6. The monoisotopic (exact) mass is 431 g/mol. The van der Waals surface area contributed by atoms with E-state index in [1.165, 1.54) is 13.2 Å². The molecule has 0 unspecified atom stereocenters. The molecule has 7 nitrogen and oxygen atoms in total. The quantitative estimate of drug-likeness (QED) is 0.354. The van der Waals surface area contributed by atoms with Gasteiger partial charge in [0.25, 0.3) is 0 Å². The number of hydrogen-bond donors (Lipinski definition) is 1. The number of rotatable bonds is 6. The van der Waals surface area contributed by atoms with Gasteiger partial charge in [-0.3, -0.25) is 9.59 Å². The Balaban J connectivity index is 1.60. The molecule has 4 aromatic rings. The van der Waals surface area contributed by atoms with E-state index in [0.717, 1.165) is 5.56 Å². The van der Waals surface area contributed by atoms with Crippen molar-refractivity contribution in [3.8, 4) is 17.2 Å². The predicted molar refractivity (Wildman–Crippen MR) is 124 cm³/mol. The predicted octanol–water partition coefficient (Wildman–Crippen LogP) is 4.62. The van der Waals surface area contributed by atoms with Crippen LogP contribution < -0.4 is 25.0 Å². The highest BCUT2D eigenvalue weighted by Gasteiger charge is 2.12. The first kappa shape index (κ1) is 21.0. The number of para-hydroxylation sites is 1. The van der Waals surface area contributed by atoms with Crippen molar-refractivity contribution in [1.82, 2.24) is 0 Å². The second-order valence-electron chi connectivity index (χ2n) is 6.92. The van der Waals surface area contributed by atoms with Crippen molar-refractivity contribution in [2.24, 2.45) is 0 Å². The van der Waals surface area contributed by atoms with Crippen molar-refractivity contribution in [3.63, 3.8) is 0 Å². The molecule has 1 aromatic heterocycles. The van der Waals surface area contributed by atoms with E-state index >= 15 is 0 Å². The lowest BCUT2D eigenvalue weighted by molar-refractivity contribution is -0.111. The number of benzene rings is 3. The summed E-state index contributed by atoms with van der Waals surface area (Å²) in [5.41, 5.74) is 1.84. The Kier molecular flexibility index (Phi) is 5.81. The van der Waals surface area contributed by atoms with Gasteiger partial charge in [0.1, 0.15) is 5.58 Å². The van der Waals surface area contributed by atoms with Crippen LogP contribution in [0.2, 0.25) is 0 Å². The van der Waals surface area contributed by atoms with E-state index in [9.17, 15) is 9.59 Å². The summed E-state index contributed by atoms with van der Waals surface area (Å²) < 4.78 is 21.7. The molecule has 162 valence electrons. The molecule has 7 heteroatoms. The summed E-state index contributed by atoms with van der Waals surface area (Å²) in [4.78, 5) is 25.2. The second-order valence-corrected chi connectivity index (χ2v) is 6.92. The maximum atomic E-state index is 12.8. The number of amides is 1. The fraction of sp³-hybridized carbons (Fsp3) is 0.120. The summed E-state index contributed by atoms with van der Waals surface area (Å²) in [7, 11) is 4.63. The molecule has 1 N–H and O–H groups in total. The number of fused-ring (bicyclic) bond motifs is 2. The van der Waals surface area contributed by atoms with Crippen molar-refractivity contribution in [2.45, 2.75) is 0 Å². The van der Waals surface area contributed by atoms with Gasteiger partial charge in [0.2, 0.25) is 11.3 Å². The molecule has 0 fully saturated rings. The van der Waals surface area contributed by atoms with Crippen molar-refractivity contribution < 1.29 is 23.4 Å². The lowest BCUT2D eigenvalue weighted by atomic mass is 10.1. The van der Waals surface area contributed by atoms with Crippen molar-refractivity contribution >= 4 is 39.6 Å². The van der Waals surface area contributed by atoms with E-state index in [2.05, 4.69) is 5.32 Å². The highest BCUT2D eigenvalue weighted by atomic mass is 16.5. The van der Waals surface area contributed by atoms with Gasteiger partial charge in [-0.15, -0.1) is 0 Å². The zero-order valence-electron chi connectivity index (χ0n) is 17.8.